The van der Waals surface area contributed by atoms with E-state index in [2.05, 4.69) is 5.32 Å². The van der Waals surface area contributed by atoms with E-state index in [1.54, 1.807) is 6.07 Å². The Labute approximate surface area is 196 Å². The number of nitro groups is 1. The number of nitrogens with one attached hydrogen (secondary N) is 1. The van der Waals surface area contributed by atoms with Crippen LogP contribution in [0.5, 0.6) is 11.5 Å². The summed E-state index contributed by atoms with van der Waals surface area (Å²) in [5, 5.41) is 33.0. The van der Waals surface area contributed by atoms with Gasteiger partial charge >= 0.3 is 5.69 Å². The normalized spacial score (nSPS) is 14.8. The molecule has 1 saturated heterocycles. The average Bonchev–Trinajstić information content (AvgIpc) is 2.83. The number of hydrogen-bond donors (Lipinski definition) is 2. The summed E-state index contributed by atoms with van der Waals surface area (Å²) in [4.78, 5) is 23.0. The first-order chi connectivity index (χ1) is 16.2. The Morgan fingerprint density at radius 1 is 1.26 bits per heavy atom. The molecular weight excluding hydrogens is 464 g/mol. The van der Waals surface area contributed by atoms with Crippen LogP contribution in [0.15, 0.2) is 46.9 Å². The minimum atomic E-state index is -3.72. The van der Waals surface area contributed by atoms with Crippen LogP contribution in [-0.2, 0) is 14.8 Å². The fraction of sp³-hybridized carbons (Fsp3) is 0.273. The van der Waals surface area contributed by atoms with Crippen LogP contribution in [0.2, 0.25) is 0 Å². The molecular formula is C22H22N4O7S. The number of methoxy groups -OCH3 is 1. The van der Waals surface area contributed by atoms with E-state index in [-0.39, 0.29) is 21.9 Å². The predicted molar refractivity (Wildman–Crippen MR) is 123 cm³/mol. The molecule has 34 heavy (non-hydrogen) atoms. The van der Waals surface area contributed by atoms with Gasteiger partial charge < -0.3 is 15.2 Å². The number of carbonyl (C=O) groups excluding carboxylic acids is 1. The molecule has 2 aromatic rings. The molecule has 0 unspecified atom stereocenters. The van der Waals surface area contributed by atoms with E-state index in [0.29, 0.717) is 13.1 Å². The van der Waals surface area contributed by atoms with Crippen LogP contribution in [-0.4, -0.2) is 48.9 Å². The van der Waals surface area contributed by atoms with Gasteiger partial charge in [-0.3, -0.25) is 14.9 Å². The number of ether oxygens (including phenoxy) is 1. The van der Waals surface area contributed by atoms with Crippen molar-refractivity contribution in [3.8, 4) is 17.6 Å². The number of sulfonamides is 1. The van der Waals surface area contributed by atoms with Gasteiger partial charge in [-0.25, -0.2) is 8.42 Å². The lowest BCUT2D eigenvalue weighted by Gasteiger charge is -2.26. The number of rotatable bonds is 7. The number of hydrogen-bond acceptors (Lipinski definition) is 8. The maximum atomic E-state index is 12.9. The molecule has 1 amide bonds. The van der Waals surface area contributed by atoms with Gasteiger partial charge in [-0.15, -0.1) is 0 Å². The Balaban J connectivity index is 1.87. The van der Waals surface area contributed by atoms with Crippen LogP contribution in [0, 0.1) is 21.4 Å². The van der Waals surface area contributed by atoms with E-state index in [4.69, 9.17) is 4.74 Å². The number of phenols is 1. The van der Waals surface area contributed by atoms with Crippen LogP contribution in [0.3, 0.4) is 0 Å². The average molecular weight is 487 g/mol. The molecule has 178 valence electrons. The third-order valence-electron chi connectivity index (χ3n) is 5.21. The molecule has 2 N–H and O–H groups in total. The first-order valence-corrected chi connectivity index (χ1v) is 11.7. The third kappa shape index (κ3) is 5.33. The number of anilines is 1. The Morgan fingerprint density at radius 2 is 1.97 bits per heavy atom. The van der Waals surface area contributed by atoms with Gasteiger partial charge in [0.15, 0.2) is 5.75 Å². The molecule has 1 aliphatic heterocycles. The van der Waals surface area contributed by atoms with Crippen molar-refractivity contribution < 1.29 is 28.0 Å². The van der Waals surface area contributed by atoms with Gasteiger partial charge in [-0.2, -0.15) is 9.57 Å². The Bertz CT molecular complexity index is 1290. The highest BCUT2D eigenvalue weighted by atomic mass is 32.2. The Morgan fingerprint density at radius 3 is 2.59 bits per heavy atom. The van der Waals surface area contributed by atoms with E-state index < -0.39 is 37.9 Å². The van der Waals surface area contributed by atoms with Gasteiger partial charge in [0.25, 0.3) is 5.91 Å². The van der Waals surface area contributed by atoms with Crippen LogP contribution < -0.4 is 10.1 Å². The molecule has 0 saturated carbocycles. The number of nitrogens with zero attached hydrogens (tertiary/aromatic N) is 3. The number of phenolic OH excluding ortho intramolecular Hbond substituents is 1. The first kappa shape index (κ1) is 24.7. The maximum Gasteiger partial charge on any atom is 0.315 e. The number of nitriles is 1. The molecule has 1 heterocycles. The molecule has 0 aliphatic carbocycles. The van der Waals surface area contributed by atoms with Crippen LogP contribution >= 0.6 is 0 Å². The minimum Gasteiger partial charge on any atom is -0.500 e. The van der Waals surface area contributed by atoms with Gasteiger partial charge in [0.2, 0.25) is 15.8 Å². The first-order valence-electron chi connectivity index (χ1n) is 10.3. The smallest absolute Gasteiger partial charge is 0.315 e. The van der Waals surface area contributed by atoms with Gasteiger partial charge in [0.1, 0.15) is 11.6 Å². The van der Waals surface area contributed by atoms with Gasteiger partial charge in [0.05, 0.1) is 16.9 Å². The Kier molecular flexibility index (Phi) is 7.50. The van der Waals surface area contributed by atoms with Crippen LogP contribution in [0.25, 0.3) is 6.08 Å². The van der Waals surface area contributed by atoms with Crippen molar-refractivity contribution in [2.45, 2.75) is 24.2 Å². The number of benzene rings is 2. The second-order valence-corrected chi connectivity index (χ2v) is 9.40. The summed E-state index contributed by atoms with van der Waals surface area (Å²) in [6.45, 7) is 0.866. The van der Waals surface area contributed by atoms with Crippen molar-refractivity contribution in [1.82, 2.24) is 4.31 Å². The lowest BCUT2D eigenvalue weighted by Crippen LogP contribution is -2.35. The molecule has 12 heteroatoms. The predicted octanol–water partition coefficient (Wildman–Crippen LogP) is 3.03. The van der Waals surface area contributed by atoms with Crippen molar-refractivity contribution in [2.24, 2.45) is 0 Å². The number of carbonyl (C=O) groups is 1. The quantitative estimate of drug-likeness (QED) is 0.261. The van der Waals surface area contributed by atoms with E-state index in [9.17, 15) is 33.7 Å². The van der Waals surface area contributed by atoms with Gasteiger partial charge in [0, 0.05) is 24.8 Å². The molecule has 0 bridgehead atoms. The van der Waals surface area contributed by atoms with Crippen molar-refractivity contribution in [3.63, 3.8) is 0 Å². The standard InChI is InChI=1S/C22H22N4O7S/c1-33-20-12-15(11-19(21(20)27)26(29)30)10-16(14-23)22(28)24-17-6-5-7-18(13-17)34(31,32)25-8-3-2-4-9-25/h5-7,10-13,27H,2-4,8-9H2,1H3,(H,24,28)/b16-10-. The number of piperidine rings is 1. The summed E-state index contributed by atoms with van der Waals surface area (Å²) in [7, 11) is -2.51. The van der Waals surface area contributed by atoms with Gasteiger partial charge in [-0.1, -0.05) is 12.5 Å². The van der Waals surface area contributed by atoms with E-state index in [1.807, 2.05) is 0 Å². The van der Waals surface area contributed by atoms with Crippen LogP contribution in [0.1, 0.15) is 24.8 Å². The van der Waals surface area contributed by atoms with Crippen molar-refractivity contribution >= 4 is 33.4 Å². The number of aromatic hydroxyl groups is 1. The highest BCUT2D eigenvalue weighted by Crippen LogP contribution is 2.37. The summed E-state index contributed by atoms with van der Waals surface area (Å²) >= 11 is 0. The molecule has 1 fully saturated rings. The van der Waals surface area contributed by atoms with E-state index in [0.717, 1.165) is 31.4 Å². The zero-order valence-electron chi connectivity index (χ0n) is 18.2. The zero-order valence-corrected chi connectivity index (χ0v) is 19.0. The summed E-state index contributed by atoms with van der Waals surface area (Å²) in [6.07, 6.45) is 3.64. The Hall–Kier alpha value is -3.95. The highest BCUT2D eigenvalue weighted by Gasteiger charge is 2.26. The number of nitro benzene ring substituents is 1. The third-order valence-corrected chi connectivity index (χ3v) is 7.11. The lowest BCUT2D eigenvalue weighted by molar-refractivity contribution is -0.386. The highest BCUT2D eigenvalue weighted by molar-refractivity contribution is 7.89. The minimum absolute atomic E-state index is 0.0218. The maximum absolute atomic E-state index is 12.9. The largest absolute Gasteiger partial charge is 0.500 e. The molecule has 0 radical (unpaired) electrons. The lowest BCUT2D eigenvalue weighted by atomic mass is 10.1. The fourth-order valence-corrected chi connectivity index (χ4v) is 5.06. The molecule has 0 atom stereocenters. The van der Waals surface area contributed by atoms with E-state index in [1.165, 1.54) is 41.7 Å². The molecule has 1 aliphatic rings. The second-order valence-electron chi connectivity index (χ2n) is 7.46. The molecule has 3 rings (SSSR count). The summed E-state index contributed by atoms with van der Waals surface area (Å²) in [5.74, 6) is -1.72. The second kappa shape index (κ2) is 10.3. The number of amides is 1. The summed E-state index contributed by atoms with van der Waals surface area (Å²) < 4.78 is 32.1. The van der Waals surface area contributed by atoms with E-state index >= 15 is 0 Å². The van der Waals surface area contributed by atoms with Crippen molar-refractivity contribution in [3.05, 3.63) is 57.6 Å². The SMILES string of the molecule is COc1cc(/C=C(/C#N)C(=O)Nc2cccc(S(=O)(=O)N3CCCCC3)c2)cc([N+](=O)[O-])c1O. The molecule has 0 aromatic heterocycles. The zero-order chi connectivity index (χ0) is 24.9. The van der Waals surface area contributed by atoms with Gasteiger partial charge in [-0.05, 0) is 48.7 Å². The molecule has 0 spiro atoms. The van der Waals surface area contributed by atoms with Crippen molar-refractivity contribution in [1.29, 1.82) is 5.26 Å². The monoisotopic (exact) mass is 486 g/mol. The van der Waals surface area contributed by atoms with Crippen molar-refractivity contribution in [2.75, 3.05) is 25.5 Å². The topological polar surface area (TPSA) is 163 Å². The molecule has 11 nitrogen and oxygen atoms in total. The summed E-state index contributed by atoms with van der Waals surface area (Å²) in [5.41, 5.74) is -0.807. The summed E-state index contributed by atoms with van der Waals surface area (Å²) in [6, 6.07) is 9.66. The fourth-order valence-electron chi connectivity index (χ4n) is 3.49. The molecule has 2 aromatic carbocycles. The van der Waals surface area contributed by atoms with Crippen LogP contribution in [0.4, 0.5) is 11.4 Å².